The van der Waals surface area contributed by atoms with Gasteiger partial charge in [-0.05, 0) is 25.5 Å². The molecule has 0 saturated carbocycles. The summed E-state index contributed by atoms with van der Waals surface area (Å²) in [7, 11) is 0. The van der Waals surface area contributed by atoms with Crippen LogP contribution in [0.25, 0.3) is 6.08 Å². The van der Waals surface area contributed by atoms with Crippen LogP contribution in [0.15, 0.2) is 12.6 Å². The number of aromatic nitrogens is 1. The Kier molecular flexibility index (Phi) is 1.94. The summed E-state index contributed by atoms with van der Waals surface area (Å²) in [6, 6.07) is 1.99. The summed E-state index contributed by atoms with van der Waals surface area (Å²) in [5.74, 6) is 0.558. The highest BCUT2D eigenvalue weighted by atomic mass is 14.8. The highest BCUT2D eigenvalue weighted by molar-refractivity contribution is 5.60. The Morgan fingerprint density at radius 2 is 2.18 bits per heavy atom. The monoisotopic (exact) mass is 148 g/mol. The zero-order chi connectivity index (χ0) is 8.43. The number of rotatable bonds is 1. The van der Waals surface area contributed by atoms with Crippen molar-refractivity contribution in [2.45, 2.75) is 13.8 Å². The van der Waals surface area contributed by atoms with Gasteiger partial charge in [-0.15, -0.1) is 0 Å². The van der Waals surface area contributed by atoms with E-state index in [2.05, 4.69) is 11.6 Å². The second-order valence-electron chi connectivity index (χ2n) is 2.57. The van der Waals surface area contributed by atoms with E-state index in [0.717, 1.165) is 16.8 Å². The van der Waals surface area contributed by atoms with Crippen molar-refractivity contribution >= 4 is 11.9 Å². The van der Waals surface area contributed by atoms with Crippen LogP contribution in [0.2, 0.25) is 0 Å². The van der Waals surface area contributed by atoms with E-state index in [4.69, 9.17) is 5.73 Å². The number of hydrogen-bond acceptors (Lipinski definition) is 2. The van der Waals surface area contributed by atoms with E-state index < -0.39 is 0 Å². The van der Waals surface area contributed by atoms with E-state index in [1.54, 1.807) is 6.08 Å². The SMILES string of the molecule is C=Cc1cc(C)c(C)nc1N. The Morgan fingerprint density at radius 1 is 1.55 bits per heavy atom. The third-order valence-electron chi connectivity index (χ3n) is 1.75. The van der Waals surface area contributed by atoms with Gasteiger partial charge in [-0.1, -0.05) is 12.7 Å². The van der Waals surface area contributed by atoms with E-state index in [1.807, 2.05) is 19.9 Å². The van der Waals surface area contributed by atoms with Crippen LogP contribution in [0, 0.1) is 13.8 Å². The Labute approximate surface area is 66.8 Å². The summed E-state index contributed by atoms with van der Waals surface area (Å²) in [6.45, 7) is 7.59. The van der Waals surface area contributed by atoms with Crippen LogP contribution in [0.1, 0.15) is 16.8 Å². The predicted octanol–water partition coefficient (Wildman–Crippen LogP) is 1.92. The normalized spacial score (nSPS) is 9.64. The molecule has 0 amide bonds. The maximum Gasteiger partial charge on any atom is 0.130 e. The highest BCUT2D eigenvalue weighted by Crippen LogP contribution is 2.14. The average Bonchev–Trinajstić information content (AvgIpc) is 1.97. The van der Waals surface area contributed by atoms with Crippen molar-refractivity contribution in [1.29, 1.82) is 0 Å². The molecule has 0 saturated heterocycles. The molecule has 0 unspecified atom stereocenters. The van der Waals surface area contributed by atoms with Crippen LogP contribution >= 0.6 is 0 Å². The summed E-state index contributed by atoms with van der Waals surface area (Å²) in [6.07, 6.45) is 1.72. The molecule has 1 heterocycles. The Bertz CT molecular complexity index is 290. The van der Waals surface area contributed by atoms with Crippen LogP contribution in [0.4, 0.5) is 5.82 Å². The molecule has 0 aliphatic heterocycles. The lowest BCUT2D eigenvalue weighted by Crippen LogP contribution is -1.97. The van der Waals surface area contributed by atoms with Gasteiger partial charge in [0, 0.05) is 11.3 Å². The van der Waals surface area contributed by atoms with Crippen LogP contribution in [-0.4, -0.2) is 4.98 Å². The fourth-order valence-corrected chi connectivity index (χ4v) is 0.909. The van der Waals surface area contributed by atoms with Crippen molar-refractivity contribution in [3.8, 4) is 0 Å². The van der Waals surface area contributed by atoms with Crippen LogP contribution < -0.4 is 5.73 Å². The summed E-state index contributed by atoms with van der Waals surface area (Å²) in [4.78, 5) is 4.15. The number of nitrogen functional groups attached to an aromatic ring is 1. The molecule has 0 bridgehead atoms. The lowest BCUT2D eigenvalue weighted by atomic mass is 10.1. The predicted molar refractivity (Wildman–Crippen MR) is 48.2 cm³/mol. The lowest BCUT2D eigenvalue weighted by Gasteiger charge is -2.03. The van der Waals surface area contributed by atoms with Gasteiger partial charge in [0.25, 0.3) is 0 Å². The minimum atomic E-state index is 0.558. The second-order valence-corrected chi connectivity index (χ2v) is 2.57. The van der Waals surface area contributed by atoms with Crippen molar-refractivity contribution in [2.24, 2.45) is 0 Å². The molecule has 1 aromatic rings. The average molecular weight is 148 g/mol. The molecule has 0 spiro atoms. The van der Waals surface area contributed by atoms with Gasteiger partial charge in [0.05, 0.1) is 0 Å². The van der Waals surface area contributed by atoms with Gasteiger partial charge in [0.1, 0.15) is 5.82 Å². The minimum absolute atomic E-state index is 0.558. The molecule has 1 aromatic heterocycles. The standard InChI is InChI=1S/C9H12N2/c1-4-8-5-6(2)7(3)11-9(8)10/h4-5H,1H2,2-3H3,(H2,10,11). The van der Waals surface area contributed by atoms with Gasteiger partial charge in [-0.3, -0.25) is 0 Å². The van der Waals surface area contributed by atoms with E-state index >= 15 is 0 Å². The largest absolute Gasteiger partial charge is 0.383 e. The molecule has 0 atom stereocenters. The molecule has 11 heavy (non-hydrogen) atoms. The topological polar surface area (TPSA) is 38.9 Å². The van der Waals surface area contributed by atoms with E-state index in [0.29, 0.717) is 5.82 Å². The number of nitrogens with two attached hydrogens (primary N) is 1. The van der Waals surface area contributed by atoms with Crippen LogP contribution in [0.5, 0.6) is 0 Å². The van der Waals surface area contributed by atoms with Crippen molar-refractivity contribution in [3.05, 3.63) is 29.5 Å². The number of anilines is 1. The summed E-state index contributed by atoms with van der Waals surface area (Å²) >= 11 is 0. The number of hydrogen-bond donors (Lipinski definition) is 1. The molecule has 0 aromatic carbocycles. The highest BCUT2D eigenvalue weighted by Gasteiger charge is 1.99. The van der Waals surface area contributed by atoms with Gasteiger partial charge >= 0.3 is 0 Å². The molecule has 0 radical (unpaired) electrons. The molecule has 0 aliphatic rings. The molecular formula is C9H12N2. The fourth-order valence-electron chi connectivity index (χ4n) is 0.909. The second kappa shape index (κ2) is 2.74. The lowest BCUT2D eigenvalue weighted by molar-refractivity contribution is 1.15. The maximum atomic E-state index is 5.62. The van der Waals surface area contributed by atoms with Crippen molar-refractivity contribution in [2.75, 3.05) is 5.73 Å². The molecule has 58 valence electrons. The first kappa shape index (κ1) is 7.79. The molecule has 2 nitrogen and oxygen atoms in total. The first-order chi connectivity index (χ1) is 5.15. The molecule has 0 fully saturated rings. The van der Waals surface area contributed by atoms with Gasteiger partial charge in [0.15, 0.2) is 0 Å². The van der Waals surface area contributed by atoms with Crippen molar-refractivity contribution in [1.82, 2.24) is 4.98 Å². The van der Waals surface area contributed by atoms with Gasteiger partial charge < -0.3 is 5.73 Å². The number of nitrogens with zero attached hydrogens (tertiary/aromatic N) is 1. The zero-order valence-corrected chi connectivity index (χ0v) is 6.89. The van der Waals surface area contributed by atoms with Crippen molar-refractivity contribution < 1.29 is 0 Å². The Hall–Kier alpha value is -1.31. The van der Waals surface area contributed by atoms with Gasteiger partial charge in [-0.25, -0.2) is 4.98 Å². The summed E-state index contributed by atoms with van der Waals surface area (Å²) in [5.41, 5.74) is 8.66. The molecule has 2 heteroatoms. The van der Waals surface area contributed by atoms with E-state index in [9.17, 15) is 0 Å². The maximum absolute atomic E-state index is 5.62. The number of pyridine rings is 1. The molecule has 1 rings (SSSR count). The number of aryl methyl sites for hydroxylation is 2. The third-order valence-corrected chi connectivity index (χ3v) is 1.75. The minimum Gasteiger partial charge on any atom is -0.383 e. The smallest absolute Gasteiger partial charge is 0.130 e. The van der Waals surface area contributed by atoms with Gasteiger partial charge in [0.2, 0.25) is 0 Å². The molecule has 2 N–H and O–H groups in total. The third kappa shape index (κ3) is 1.40. The fraction of sp³-hybridized carbons (Fsp3) is 0.222. The molecule has 0 aliphatic carbocycles. The summed E-state index contributed by atoms with van der Waals surface area (Å²) < 4.78 is 0. The Balaban J connectivity index is 3.31. The van der Waals surface area contributed by atoms with Crippen LogP contribution in [-0.2, 0) is 0 Å². The zero-order valence-electron chi connectivity index (χ0n) is 6.89. The Morgan fingerprint density at radius 3 is 2.73 bits per heavy atom. The summed E-state index contributed by atoms with van der Waals surface area (Å²) in [5, 5.41) is 0. The van der Waals surface area contributed by atoms with E-state index in [-0.39, 0.29) is 0 Å². The van der Waals surface area contributed by atoms with Crippen LogP contribution in [0.3, 0.4) is 0 Å². The quantitative estimate of drug-likeness (QED) is 0.660. The van der Waals surface area contributed by atoms with E-state index in [1.165, 1.54) is 0 Å². The van der Waals surface area contributed by atoms with Crippen molar-refractivity contribution in [3.63, 3.8) is 0 Å². The first-order valence-electron chi connectivity index (χ1n) is 3.51. The van der Waals surface area contributed by atoms with Gasteiger partial charge in [-0.2, -0.15) is 0 Å². The molecular weight excluding hydrogens is 136 g/mol. The first-order valence-corrected chi connectivity index (χ1v) is 3.51.